The fraction of sp³-hybridized carbons (Fsp3) is 0.438. The van der Waals surface area contributed by atoms with Crippen LogP contribution in [-0.4, -0.2) is 29.9 Å². The minimum absolute atomic E-state index is 0.0152. The van der Waals surface area contributed by atoms with E-state index in [2.05, 4.69) is 28.7 Å². The molecule has 0 radical (unpaired) electrons. The summed E-state index contributed by atoms with van der Waals surface area (Å²) >= 11 is 1.54. The van der Waals surface area contributed by atoms with Crippen molar-refractivity contribution in [1.82, 2.24) is 23.8 Å². The molecule has 0 bridgehead atoms. The molecule has 0 saturated heterocycles. The Bertz CT molecular complexity index is 876. The highest BCUT2D eigenvalue weighted by molar-refractivity contribution is 7.16. The summed E-state index contributed by atoms with van der Waals surface area (Å²) in [4.78, 5) is 25.2. The molecule has 0 unspecified atom stereocenters. The molecule has 0 aliphatic rings. The van der Waals surface area contributed by atoms with E-state index in [-0.39, 0.29) is 5.56 Å². The van der Waals surface area contributed by atoms with E-state index in [1.807, 2.05) is 30.9 Å². The van der Waals surface area contributed by atoms with Crippen molar-refractivity contribution in [3.63, 3.8) is 0 Å². The summed E-state index contributed by atoms with van der Waals surface area (Å²) in [7, 11) is 1.99. The van der Waals surface area contributed by atoms with Gasteiger partial charge in [0, 0.05) is 49.5 Å². The number of nitrogens with zero attached hydrogens (tertiary/aromatic N) is 5. The smallest absolute Gasteiger partial charge is 0.258 e. The van der Waals surface area contributed by atoms with Crippen molar-refractivity contribution in [2.24, 2.45) is 7.05 Å². The van der Waals surface area contributed by atoms with Crippen LogP contribution < -0.4 is 5.56 Å². The summed E-state index contributed by atoms with van der Waals surface area (Å²) in [5.74, 6) is 0. The molecule has 7 heteroatoms. The van der Waals surface area contributed by atoms with Gasteiger partial charge in [0.15, 0.2) is 4.96 Å². The molecule has 122 valence electrons. The van der Waals surface area contributed by atoms with Gasteiger partial charge in [0.2, 0.25) is 0 Å². The number of thiazole rings is 1. The summed E-state index contributed by atoms with van der Waals surface area (Å²) in [6, 6.07) is 1.98. The first-order valence-electron chi connectivity index (χ1n) is 7.62. The average Bonchev–Trinajstić information content (AvgIpc) is 3.04. The molecule has 3 aromatic heterocycles. The Balaban J connectivity index is 1.88. The van der Waals surface area contributed by atoms with E-state index in [1.54, 1.807) is 28.1 Å². The summed E-state index contributed by atoms with van der Waals surface area (Å²) in [5.41, 5.74) is 1.94. The fourth-order valence-electron chi connectivity index (χ4n) is 2.51. The van der Waals surface area contributed by atoms with Gasteiger partial charge >= 0.3 is 0 Å². The number of aryl methyl sites for hydroxylation is 2. The van der Waals surface area contributed by atoms with Gasteiger partial charge in [-0.15, -0.1) is 11.3 Å². The number of fused-ring (bicyclic) bond motifs is 1. The van der Waals surface area contributed by atoms with Crippen LogP contribution in [0, 0.1) is 6.92 Å². The highest BCUT2D eigenvalue weighted by Gasteiger charge is 2.15. The van der Waals surface area contributed by atoms with E-state index in [9.17, 15) is 4.79 Å². The SMILES string of the molecule is Cc1cn2c(=O)cc(CN(Cc3cncn3C)C(C)C)nc2s1. The lowest BCUT2D eigenvalue weighted by Gasteiger charge is -2.26. The van der Waals surface area contributed by atoms with E-state index in [0.717, 1.165) is 27.8 Å². The van der Waals surface area contributed by atoms with Gasteiger partial charge in [-0.25, -0.2) is 9.97 Å². The molecule has 3 rings (SSSR count). The first-order valence-corrected chi connectivity index (χ1v) is 8.43. The third-order valence-electron chi connectivity index (χ3n) is 3.91. The second-order valence-corrected chi connectivity index (χ2v) is 7.29. The van der Waals surface area contributed by atoms with Crippen molar-refractivity contribution < 1.29 is 0 Å². The maximum Gasteiger partial charge on any atom is 0.258 e. The van der Waals surface area contributed by atoms with Crippen molar-refractivity contribution in [2.75, 3.05) is 0 Å². The first-order chi connectivity index (χ1) is 10.9. The maximum atomic E-state index is 12.2. The molecular weight excluding hydrogens is 310 g/mol. The number of rotatable bonds is 5. The number of aromatic nitrogens is 4. The van der Waals surface area contributed by atoms with Gasteiger partial charge in [-0.05, 0) is 20.8 Å². The lowest BCUT2D eigenvalue weighted by atomic mass is 10.2. The van der Waals surface area contributed by atoms with Crippen LogP contribution in [0.1, 0.15) is 30.1 Å². The van der Waals surface area contributed by atoms with Gasteiger partial charge in [0.1, 0.15) is 0 Å². The molecule has 3 heterocycles. The van der Waals surface area contributed by atoms with E-state index >= 15 is 0 Å². The van der Waals surface area contributed by atoms with Crippen molar-refractivity contribution in [3.05, 3.63) is 51.4 Å². The monoisotopic (exact) mass is 331 g/mol. The molecule has 23 heavy (non-hydrogen) atoms. The van der Waals surface area contributed by atoms with Crippen molar-refractivity contribution >= 4 is 16.3 Å². The molecule has 0 aliphatic carbocycles. The Morgan fingerprint density at radius 3 is 2.78 bits per heavy atom. The van der Waals surface area contributed by atoms with Crippen LogP contribution in [0.2, 0.25) is 0 Å². The normalized spacial score (nSPS) is 11.9. The molecule has 0 aromatic carbocycles. The van der Waals surface area contributed by atoms with Gasteiger partial charge in [-0.1, -0.05) is 0 Å². The fourth-order valence-corrected chi connectivity index (χ4v) is 3.36. The second kappa shape index (κ2) is 6.25. The van der Waals surface area contributed by atoms with Crippen LogP contribution in [0.3, 0.4) is 0 Å². The van der Waals surface area contributed by atoms with Crippen LogP contribution >= 0.6 is 11.3 Å². The Kier molecular flexibility index (Phi) is 4.32. The molecule has 0 fully saturated rings. The topological polar surface area (TPSA) is 55.4 Å². The summed E-state index contributed by atoms with van der Waals surface area (Å²) in [5, 5.41) is 0. The quantitative estimate of drug-likeness (QED) is 0.719. The third-order valence-corrected chi connectivity index (χ3v) is 4.81. The zero-order chi connectivity index (χ0) is 16.6. The van der Waals surface area contributed by atoms with Gasteiger partial charge in [0.05, 0.1) is 17.7 Å². The predicted molar refractivity (Wildman–Crippen MR) is 91.7 cm³/mol. The lowest BCUT2D eigenvalue weighted by molar-refractivity contribution is 0.197. The molecular formula is C16H21N5OS. The first kappa shape index (κ1) is 15.9. The van der Waals surface area contributed by atoms with Gasteiger partial charge in [-0.2, -0.15) is 0 Å². The molecule has 0 amide bonds. The predicted octanol–water partition coefficient (Wildman–Crippen LogP) is 2.21. The maximum absolute atomic E-state index is 12.2. The molecule has 0 atom stereocenters. The van der Waals surface area contributed by atoms with E-state index in [1.165, 1.54) is 0 Å². The van der Waals surface area contributed by atoms with Gasteiger partial charge in [0.25, 0.3) is 5.56 Å². The second-order valence-electron chi connectivity index (χ2n) is 6.07. The highest BCUT2D eigenvalue weighted by atomic mass is 32.1. The molecule has 0 saturated carbocycles. The van der Waals surface area contributed by atoms with Crippen LogP contribution in [-0.2, 0) is 20.1 Å². The molecule has 0 aliphatic heterocycles. The van der Waals surface area contributed by atoms with Crippen LogP contribution in [0.4, 0.5) is 0 Å². The third kappa shape index (κ3) is 3.35. The number of hydrogen-bond acceptors (Lipinski definition) is 5. The average molecular weight is 331 g/mol. The summed E-state index contributed by atoms with van der Waals surface area (Å²) in [6.07, 6.45) is 5.53. The van der Waals surface area contributed by atoms with Gasteiger partial charge < -0.3 is 4.57 Å². The highest BCUT2D eigenvalue weighted by Crippen LogP contribution is 2.15. The van der Waals surface area contributed by atoms with E-state index in [4.69, 9.17) is 0 Å². The van der Waals surface area contributed by atoms with Crippen LogP contribution in [0.15, 0.2) is 29.6 Å². The summed E-state index contributed by atoms with van der Waals surface area (Å²) < 4.78 is 3.63. The number of hydrogen-bond donors (Lipinski definition) is 0. The molecule has 0 N–H and O–H groups in total. The largest absolute Gasteiger partial charge is 0.337 e. The minimum atomic E-state index is -0.0152. The van der Waals surface area contributed by atoms with E-state index in [0.29, 0.717) is 12.6 Å². The van der Waals surface area contributed by atoms with Gasteiger partial charge in [-0.3, -0.25) is 14.1 Å². The zero-order valence-electron chi connectivity index (χ0n) is 13.9. The molecule has 3 aromatic rings. The molecule has 0 spiro atoms. The zero-order valence-corrected chi connectivity index (χ0v) is 14.7. The summed E-state index contributed by atoms with van der Waals surface area (Å²) in [6.45, 7) is 7.71. The van der Waals surface area contributed by atoms with Crippen molar-refractivity contribution in [3.8, 4) is 0 Å². The van der Waals surface area contributed by atoms with Crippen LogP contribution in [0.25, 0.3) is 4.96 Å². The lowest BCUT2D eigenvalue weighted by Crippen LogP contribution is -2.31. The number of imidazole rings is 1. The minimum Gasteiger partial charge on any atom is -0.337 e. The Morgan fingerprint density at radius 1 is 1.35 bits per heavy atom. The Morgan fingerprint density at radius 2 is 2.13 bits per heavy atom. The van der Waals surface area contributed by atoms with Crippen LogP contribution in [0.5, 0.6) is 0 Å². The molecule has 6 nitrogen and oxygen atoms in total. The van der Waals surface area contributed by atoms with E-state index < -0.39 is 0 Å². The standard InChI is InChI=1S/C16H21N5OS/c1-11(2)20(9-14-6-17-10-19(14)4)8-13-5-15(22)21-7-12(3)23-16(21)18-13/h5-7,10-11H,8-9H2,1-4H3. The Hall–Kier alpha value is -1.99. The van der Waals surface area contributed by atoms with Crippen molar-refractivity contribution in [2.45, 2.75) is 39.9 Å². The Labute approximate surface area is 139 Å². The van der Waals surface area contributed by atoms with Crippen molar-refractivity contribution in [1.29, 1.82) is 0 Å².